The first-order valence-electron chi connectivity index (χ1n) is 4.59. The molecular weight excluding hydrogens is 162 g/mol. The zero-order valence-corrected chi connectivity index (χ0v) is 7.30. The van der Waals surface area contributed by atoms with Gasteiger partial charge in [-0.3, -0.25) is 5.10 Å². The van der Waals surface area contributed by atoms with Gasteiger partial charge in [0, 0.05) is 24.7 Å². The van der Waals surface area contributed by atoms with Crippen LogP contribution in [0.1, 0.15) is 17.7 Å². The second-order valence-electron chi connectivity index (χ2n) is 3.53. The van der Waals surface area contributed by atoms with E-state index in [1.54, 1.807) is 0 Å². The molecule has 66 valence electrons. The highest BCUT2D eigenvalue weighted by Gasteiger charge is 2.18. The van der Waals surface area contributed by atoms with Crippen LogP contribution in [-0.2, 0) is 6.42 Å². The number of aromatic amines is 1. The first kappa shape index (κ1) is 6.95. The van der Waals surface area contributed by atoms with Crippen molar-refractivity contribution in [3.8, 4) is 0 Å². The van der Waals surface area contributed by atoms with Crippen LogP contribution in [0.15, 0.2) is 23.5 Å². The molecular formula is C10H11N3. The summed E-state index contributed by atoms with van der Waals surface area (Å²) < 4.78 is 0. The fraction of sp³-hybridized carbons (Fsp3) is 0.300. The molecule has 1 aromatic rings. The van der Waals surface area contributed by atoms with Crippen LogP contribution in [0.4, 0.5) is 0 Å². The second kappa shape index (κ2) is 2.49. The fourth-order valence-corrected chi connectivity index (χ4v) is 1.95. The highest BCUT2D eigenvalue weighted by Crippen LogP contribution is 2.29. The molecule has 0 bridgehead atoms. The molecule has 13 heavy (non-hydrogen) atoms. The van der Waals surface area contributed by atoms with E-state index in [-0.39, 0.29) is 0 Å². The largest absolute Gasteiger partial charge is 0.390 e. The molecule has 0 saturated carbocycles. The minimum Gasteiger partial charge on any atom is -0.390 e. The van der Waals surface area contributed by atoms with Gasteiger partial charge in [0.1, 0.15) is 0 Å². The first-order valence-corrected chi connectivity index (χ1v) is 4.59. The summed E-state index contributed by atoms with van der Waals surface area (Å²) in [6.45, 7) is 1.05. The summed E-state index contributed by atoms with van der Waals surface area (Å²) in [5.41, 5.74) is 5.36. The molecule has 1 aliphatic heterocycles. The molecule has 0 spiro atoms. The summed E-state index contributed by atoms with van der Waals surface area (Å²) in [5, 5.41) is 10.3. The van der Waals surface area contributed by atoms with Crippen molar-refractivity contribution in [2.24, 2.45) is 0 Å². The lowest BCUT2D eigenvalue weighted by molar-refractivity contribution is 0.776. The van der Waals surface area contributed by atoms with E-state index in [0.717, 1.165) is 19.4 Å². The minimum absolute atomic E-state index is 1.02. The lowest BCUT2D eigenvalue weighted by atomic mass is 9.89. The predicted octanol–water partition coefficient (Wildman–Crippen LogP) is 1.23. The molecule has 0 aromatic carbocycles. The quantitative estimate of drug-likeness (QED) is 0.619. The second-order valence-corrected chi connectivity index (χ2v) is 3.53. The highest BCUT2D eigenvalue weighted by molar-refractivity contribution is 5.63. The van der Waals surface area contributed by atoms with E-state index < -0.39 is 0 Å². The van der Waals surface area contributed by atoms with Crippen molar-refractivity contribution in [3.63, 3.8) is 0 Å². The van der Waals surface area contributed by atoms with Crippen LogP contribution in [-0.4, -0.2) is 16.7 Å². The van der Waals surface area contributed by atoms with Crippen LogP contribution in [0.3, 0.4) is 0 Å². The lowest BCUT2D eigenvalue weighted by Crippen LogP contribution is -2.18. The van der Waals surface area contributed by atoms with Gasteiger partial charge in [-0.05, 0) is 23.6 Å². The Morgan fingerprint density at radius 2 is 2.31 bits per heavy atom. The summed E-state index contributed by atoms with van der Waals surface area (Å²) in [6, 6.07) is 0. The summed E-state index contributed by atoms with van der Waals surface area (Å²) in [5.74, 6) is 0. The third-order valence-electron chi connectivity index (χ3n) is 2.68. The van der Waals surface area contributed by atoms with E-state index in [2.05, 4.69) is 27.8 Å². The molecule has 0 atom stereocenters. The third-order valence-corrected chi connectivity index (χ3v) is 2.68. The van der Waals surface area contributed by atoms with Crippen molar-refractivity contribution in [1.82, 2.24) is 15.5 Å². The smallest absolute Gasteiger partial charge is 0.0616 e. The van der Waals surface area contributed by atoms with Gasteiger partial charge in [-0.2, -0.15) is 5.10 Å². The summed E-state index contributed by atoms with van der Waals surface area (Å²) in [6.07, 6.45) is 8.41. The van der Waals surface area contributed by atoms with Crippen LogP contribution in [0.25, 0.3) is 6.08 Å². The first-order chi connectivity index (χ1) is 6.43. The van der Waals surface area contributed by atoms with Gasteiger partial charge in [-0.25, -0.2) is 0 Å². The molecule has 0 saturated heterocycles. The fourth-order valence-electron chi connectivity index (χ4n) is 1.95. The number of rotatable bonds is 0. The average molecular weight is 173 g/mol. The molecule has 1 aromatic heterocycles. The molecule has 3 rings (SSSR count). The van der Waals surface area contributed by atoms with Crippen molar-refractivity contribution in [3.05, 3.63) is 34.8 Å². The third kappa shape index (κ3) is 1.00. The van der Waals surface area contributed by atoms with Crippen molar-refractivity contribution < 1.29 is 0 Å². The van der Waals surface area contributed by atoms with Crippen molar-refractivity contribution >= 4 is 6.08 Å². The number of fused-ring (bicyclic) bond motifs is 2. The summed E-state index contributed by atoms with van der Waals surface area (Å²) in [7, 11) is 0. The maximum absolute atomic E-state index is 4.04. The molecule has 0 radical (unpaired) electrons. The number of nitrogens with zero attached hydrogens (tertiary/aromatic N) is 1. The number of aromatic nitrogens is 2. The minimum atomic E-state index is 1.02. The van der Waals surface area contributed by atoms with Gasteiger partial charge in [0.15, 0.2) is 0 Å². The van der Waals surface area contributed by atoms with Gasteiger partial charge < -0.3 is 5.32 Å². The summed E-state index contributed by atoms with van der Waals surface area (Å²) in [4.78, 5) is 0. The maximum atomic E-state index is 4.04. The van der Waals surface area contributed by atoms with Crippen LogP contribution in [0, 0.1) is 0 Å². The van der Waals surface area contributed by atoms with E-state index in [9.17, 15) is 0 Å². The Labute approximate surface area is 76.5 Å². The standard InChI is InChI=1S/C10H11N3/c1-2-11-5-8-3-9-6-12-13-10(9)4-7(1)8/h4-6,11H,1-3H2,(H,12,13). The normalized spacial score (nSPS) is 19.4. The van der Waals surface area contributed by atoms with Gasteiger partial charge in [0.05, 0.1) is 11.9 Å². The molecule has 1 aliphatic carbocycles. The van der Waals surface area contributed by atoms with Gasteiger partial charge >= 0.3 is 0 Å². The highest BCUT2D eigenvalue weighted by atomic mass is 15.1. The monoisotopic (exact) mass is 173 g/mol. The van der Waals surface area contributed by atoms with Gasteiger partial charge in [-0.15, -0.1) is 0 Å². The molecule has 0 unspecified atom stereocenters. The zero-order valence-electron chi connectivity index (χ0n) is 7.30. The number of hydrogen-bond acceptors (Lipinski definition) is 2. The van der Waals surface area contributed by atoms with E-state index in [0.29, 0.717) is 0 Å². The molecule has 2 aliphatic rings. The van der Waals surface area contributed by atoms with Crippen molar-refractivity contribution in [2.45, 2.75) is 12.8 Å². The van der Waals surface area contributed by atoms with Gasteiger partial charge in [-0.1, -0.05) is 0 Å². The Balaban J connectivity index is 2.13. The Bertz CT molecular complexity index is 398. The van der Waals surface area contributed by atoms with Crippen LogP contribution in [0.2, 0.25) is 0 Å². The topological polar surface area (TPSA) is 40.7 Å². The number of allylic oxidation sites excluding steroid dienone is 1. The Morgan fingerprint density at radius 1 is 1.31 bits per heavy atom. The van der Waals surface area contributed by atoms with E-state index in [1.807, 2.05) is 6.20 Å². The number of hydrogen-bond donors (Lipinski definition) is 2. The van der Waals surface area contributed by atoms with Gasteiger partial charge in [0.25, 0.3) is 0 Å². The maximum Gasteiger partial charge on any atom is 0.0616 e. The van der Waals surface area contributed by atoms with Gasteiger partial charge in [0.2, 0.25) is 0 Å². The molecule has 3 heteroatoms. The number of H-pyrrole nitrogens is 1. The Kier molecular flexibility index (Phi) is 1.33. The van der Waals surface area contributed by atoms with Crippen molar-refractivity contribution in [2.75, 3.05) is 6.54 Å². The molecule has 0 fully saturated rings. The summed E-state index contributed by atoms with van der Waals surface area (Å²) >= 11 is 0. The van der Waals surface area contributed by atoms with Crippen molar-refractivity contribution in [1.29, 1.82) is 0 Å². The number of nitrogens with one attached hydrogen (secondary N) is 2. The lowest BCUT2D eigenvalue weighted by Gasteiger charge is -2.21. The molecule has 0 amide bonds. The molecule has 2 N–H and O–H groups in total. The van der Waals surface area contributed by atoms with E-state index in [4.69, 9.17) is 0 Å². The van der Waals surface area contributed by atoms with Crippen LogP contribution in [0.5, 0.6) is 0 Å². The van der Waals surface area contributed by atoms with E-state index >= 15 is 0 Å². The van der Waals surface area contributed by atoms with E-state index in [1.165, 1.54) is 22.4 Å². The average Bonchev–Trinajstić information content (AvgIpc) is 2.61. The SMILES string of the molecule is C1=C2CCNC=C2Cc2cn[nH]c21. The Hall–Kier alpha value is -1.51. The Morgan fingerprint density at radius 3 is 3.31 bits per heavy atom. The van der Waals surface area contributed by atoms with Crippen LogP contribution >= 0.6 is 0 Å². The molecule has 2 heterocycles. The van der Waals surface area contributed by atoms with Crippen LogP contribution < -0.4 is 5.32 Å². The zero-order chi connectivity index (χ0) is 8.67. The predicted molar refractivity (Wildman–Crippen MR) is 51.0 cm³/mol. The molecule has 3 nitrogen and oxygen atoms in total.